The molecular weight excluding hydrogens is 362 g/mol. The molecule has 1 amide bonds. The van der Waals surface area contributed by atoms with Crippen LogP contribution in [0.3, 0.4) is 0 Å². The van der Waals surface area contributed by atoms with E-state index in [4.69, 9.17) is 11.6 Å². The van der Waals surface area contributed by atoms with E-state index in [1.807, 2.05) is 53.1 Å². The molecular formula is C20H18ClN5O. The molecule has 4 aromatic rings. The molecule has 0 unspecified atom stereocenters. The van der Waals surface area contributed by atoms with Crippen molar-refractivity contribution in [1.29, 1.82) is 0 Å². The second kappa shape index (κ2) is 7.63. The summed E-state index contributed by atoms with van der Waals surface area (Å²) in [6, 6.07) is 13.6. The van der Waals surface area contributed by atoms with E-state index in [-0.39, 0.29) is 5.91 Å². The van der Waals surface area contributed by atoms with Crippen molar-refractivity contribution < 1.29 is 4.79 Å². The molecule has 3 aromatic heterocycles. The molecule has 0 aliphatic carbocycles. The Morgan fingerprint density at radius 2 is 2.04 bits per heavy atom. The van der Waals surface area contributed by atoms with Crippen molar-refractivity contribution in [3.63, 3.8) is 0 Å². The molecule has 27 heavy (non-hydrogen) atoms. The molecule has 1 aromatic carbocycles. The van der Waals surface area contributed by atoms with E-state index in [1.165, 1.54) is 6.08 Å². The van der Waals surface area contributed by atoms with Gasteiger partial charge in [-0.05, 0) is 36.8 Å². The number of amides is 1. The zero-order chi connectivity index (χ0) is 18.6. The fraction of sp³-hybridized carbons (Fsp3) is 0.150. The molecule has 0 spiro atoms. The number of carbonyl (C=O) groups excluding carboxylic acids is 1. The second-order valence-electron chi connectivity index (χ2n) is 6.15. The lowest BCUT2D eigenvalue weighted by atomic mass is 10.3. The number of H-pyrrole nitrogens is 1. The Labute approximate surface area is 160 Å². The minimum absolute atomic E-state index is 0.165. The summed E-state index contributed by atoms with van der Waals surface area (Å²) < 4.78 is 1.84. The molecule has 0 aliphatic rings. The quantitative estimate of drug-likeness (QED) is 0.397. The van der Waals surface area contributed by atoms with E-state index in [2.05, 4.69) is 20.3 Å². The molecule has 2 N–H and O–H groups in total. The first-order valence-corrected chi connectivity index (χ1v) is 9.10. The lowest BCUT2D eigenvalue weighted by Crippen LogP contribution is -2.22. The van der Waals surface area contributed by atoms with Gasteiger partial charge in [0.05, 0.1) is 16.7 Å². The largest absolute Gasteiger partial charge is 0.353 e. The van der Waals surface area contributed by atoms with Crippen LogP contribution in [-0.2, 0) is 11.2 Å². The third kappa shape index (κ3) is 3.85. The Balaban J connectivity index is 1.30. The number of benzene rings is 1. The Bertz CT molecular complexity index is 1090. The Morgan fingerprint density at radius 3 is 2.93 bits per heavy atom. The van der Waals surface area contributed by atoms with Gasteiger partial charge < -0.3 is 10.3 Å². The minimum atomic E-state index is -0.165. The molecule has 0 saturated carbocycles. The van der Waals surface area contributed by atoms with E-state index in [0.717, 1.165) is 35.3 Å². The predicted octanol–water partition coefficient (Wildman–Crippen LogP) is 3.63. The first-order chi connectivity index (χ1) is 13.2. The molecule has 3 heterocycles. The predicted molar refractivity (Wildman–Crippen MR) is 107 cm³/mol. The van der Waals surface area contributed by atoms with Gasteiger partial charge >= 0.3 is 0 Å². The van der Waals surface area contributed by atoms with Crippen LogP contribution < -0.4 is 5.32 Å². The number of imidazole rings is 2. The maximum Gasteiger partial charge on any atom is 0.244 e. The summed E-state index contributed by atoms with van der Waals surface area (Å²) in [5, 5.41) is 3.25. The van der Waals surface area contributed by atoms with Crippen LogP contribution in [0.4, 0.5) is 0 Å². The van der Waals surface area contributed by atoms with Gasteiger partial charge in [-0.15, -0.1) is 0 Å². The number of aryl methyl sites for hydroxylation is 1. The van der Waals surface area contributed by atoms with Gasteiger partial charge in [0.15, 0.2) is 5.15 Å². The van der Waals surface area contributed by atoms with E-state index >= 15 is 0 Å². The minimum Gasteiger partial charge on any atom is -0.353 e. The monoisotopic (exact) mass is 379 g/mol. The van der Waals surface area contributed by atoms with Crippen molar-refractivity contribution in [3.05, 3.63) is 71.4 Å². The third-order valence-corrected chi connectivity index (χ3v) is 4.52. The van der Waals surface area contributed by atoms with Crippen molar-refractivity contribution >= 4 is 40.3 Å². The average molecular weight is 380 g/mol. The first-order valence-electron chi connectivity index (χ1n) is 8.73. The average Bonchev–Trinajstić information content (AvgIpc) is 3.23. The molecule has 6 nitrogen and oxygen atoms in total. The van der Waals surface area contributed by atoms with Crippen LogP contribution in [-0.4, -0.2) is 31.8 Å². The van der Waals surface area contributed by atoms with Crippen LogP contribution >= 0.6 is 11.6 Å². The maximum atomic E-state index is 12.0. The third-order valence-electron chi connectivity index (χ3n) is 4.24. The van der Waals surface area contributed by atoms with Gasteiger partial charge in [0.2, 0.25) is 5.91 Å². The highest BCUT2D eigenvalue weighted by Gasteiger charge is 2.07. The first kappa shape index (κ1) is 17.3. The molecule has 0 atom stereocenters. The molecule has 0 saturated heterocycles. The maximum absolute atomic E-state index is 12.0. The van der Waals surface area contributed by atoms with Crippen LogP contribution in [0.5, 0.6) is 0 Å². The van der Waals surface area contributed by atoms with E-state index < -0.39 is 0 Å². The number of carbonyl (C=O) groups is 1. The van der Waals surface area contributed by atoms with Gasteiger partial charge in [0, 0.05) is 25.2 Å². The van der Waals surface area contributed by atoms with Gasteiger partial charge in [-0.2, -0.15) is 0 Å². The highest BCUT2D eigenvalue weighted by atomic mass is 35.5. The molecule has 4 rings (SSSR count). The molecule has 0 radical (unpaired) electrons. The van der Waals surface area contributed by atoms with Gasteiger partial charge in [0.1, 0.15) is 11.5 Å². The molecule has 7 heteroatoms. The summed E-state index contributed by atoms with van der Waals surface area (Å²) in [6.45, 7) is 0.571. The summed E-state index contributed by atoms with van der Waals surface area (Å²) in [5.74, 6) is 0.764. The zero-order valence-electron chi connectivity index (χ0n) is 14.5. The molecule has 0 fully saturated rings. The number of pyridine rings is 1. The van der Waals surface area contributed by atoms with E-state index in [1.54, 1.807) is 6.08 Å². The Kier molecular flexibility index (Phi) is 4.89. The topological polar surface area (TPSA) is 75.1 Å². The van der Waals surface area contributed by atoms with Gasteiger partial charge in [-0.1, -0.05) is 29.8 Å². The normalized spacial score (nSPS) is 11.6. The number of hydrogen-bond acceptors (Lipinski definition) is 3. The van der Waals surface area contributed by atoms with Crippen molar-refractivity contribution in [2.75, 3.05) is 6.54 Å². The SMILES string of the molecule is O=C(/C=C/c1c(Cl)nc2ccccn12)NCCCc1nc2ccccc2[nH]1. The highest BCUT2D eigenvalue weighted by Crippen LogP contribution is 2.18. The standard InChI is InChI=1S/C20H18ClN5O/c21-20-16(26-13-4-3-9-18(26)25-20)10-11-19(27)22-12-5-8-17-23-14-6-1-2-7-15(14)24-17/h1-4,6-7,9-11,13H,5,8,12H2,(H,22,27)(H,23,24)/b11-10+. The molecule has 0 bridgehead atoms. The Hall–Kier alpha value is -3.12. The number of hydrogen-bond donors (Lipinski definition) is 2. The van der Waals surface area contributed by atoms with Crippen molar-refractivity contribution in [2.45, 2.75) is 12.8 Å². The summed E-state index contributed by atoms with van der Waals surface area (Å²) in [4.78, 5) is 24.1. The van der Waals surface area contributed by atoms with Crippen LogP contribution in [0, 0.1) is 0 Å². The van der Waals surface area contributed by atoms with Gasteiger partial charge in [-0.25, -0.2) is 9.97 Å². The number of nitrogens with zero attached hydrogens (tertiary/aromatic N) is 3. The molecule has 136 valence electrons. The lowest BCUT2D eigenvalue weighted by molar-refractivity contribution is -0.116. The Morgan fingerprint density at radius 1 is 1.19 bits per heavy atom. The lowest BCUT2D eigenvalue weighted by Gasteiger charge is -2.01. The zero-order valence-corrected chi connectivity index (χ0v) is 15.3. The van der Waals surface area contributed by atoms with E-state index in [0.29, 0.717) is 17.4 Å². The van der Waals surface area contributed by atoms with Crippen LogP contribution in [0.2, 0.25) is 5.15 Å². The van der Waals surface area contributed by atoms with Crippen molar-refractivity contribution in [2.24, 2.45) is 0 Å². The van der Waals surface area contributed by atoms with E-state index in [9.17, 15) is 4.79 Å². The number of para-hydroxylation sites is 2. The number of halogens is 1. The molecule has 0 aliphatic heterocycles. The summed E-state index contributed by atoms with van der Waals surface area (Å²) in [7, 11) is 0. The van der Waals surface area contributed by atoms with Crippen molar-refractivity contribution in [3.8, 4) is 0 Å². The van der Waals surface area contributed by atoms with Gasteiger partial charge in [-0.3, -0.25) is 9.20 Å². The smallest absolute Gasteiger partial charge is 0.244 e. The number of aromatic nitrogens is 4. The van der Waals surface area contributed by atoms with Crippen LogP contribution in [0.1, 0.15) is 17.9 Å². The summed E-state index contributed by atoms with van der Waals surface area (Å²) in [6.07, 6.45) is 6.59. The number of nitrogens with one attached hydrogen (secondary N) is 2. The van der Waals surface area contributed by atoms with Gasteiger partial charge in [0.25, 0.3) is 0 Å². The number of fused-ring (bicyclic) bond motifs is 2. The number of aromatic amines is 1. The fourth-order valence-corrected chi connectivity index (χ4v) is 3.18. The fourth-order valence-electron chi connectivity index (χ4n) is 2.94. The number of rotatable bonds is 6. The summed E-state index contributed by atoms with van der Waals surface area (Å²) in [5.41, 5.74) is 3.42. The van der Waals surface area contributed by atoms with Crippen molar-refractivity contribution in [1.82, 2.24) is 24.7 Å². The summed E-state index contributed by atoms with van der Waals surface area (Å²) >= 11 is 6.15. The highest BCUT2D eigenvalue weighted by molar-refractivity contribution is 6.31. The second-order valence-corrected chi connectivity index (χ2v) is 6.50. The van der Waals surface area contributed by atoms with Crippen LogP contribution in [0.15, 0.2) is 54.7 Å². The van der Waals surface area contributed by atoms with Crippen LogP contribution in [0.25, 0.3) is 22.8 Å².